The van der Waals surface area contributed by atoms with Gasteiger partial charge in [-0.3, -0.25) is 9.59 Å². The molecule has 9 atom stereocenters. The van der Waals surface area contributed by atoms with Crippen LogP contribution in [0.4, 0.5) is 0 Å². The Bertz CT molecular complexity index is 912. The van der Waals surface area contributed by atoms with Crippen LogP contribution in [-0.2, 0) is 28.5 Å². The summed E-state index contributed by atoms with van der Waals surface area (Å²) in [6, 6.07) is -0.117. The predicted octanol–water partition coefficient (Wildman–Crippen LogP) is 2.74. The minimum absolute atomic E-state index is 0.00809. The fourth-order valence-corrected chi connectivity index (χ4v) is 4.96. The standard InChI is InChI=1S/C27H40N2O8/c1-16(7-10-24-26(32)27(15-34-27)13-21(37-24)14-28-33)6-9-23-17(2)12-22(19(4)36-23)29-25(31)11-8-18(3)35-20(5)30/h6-8,10-11,17-19,21-24,26,32H,9,12-15H2,1-5H3,(H,29,31)/t17-,18-,19+,21-,22+,23-,24+,26+,27+/m0/s1. The molecule has 3 saturated heterocycles. The molecule has 0 saturated carbocycles. The fourth-order valence-electron chi connectivity index (χ4n) is 4.96. The second-order valence-corrected chi connectivity index (χ2v) is 10.5. The van der Waals surface area contributed by atoms with Crippen molar-refractivity contribution in [2.45, 2.75) is 102 Å². The van der Waals surface area contributed by atoms with Gasteiger partial charge >= 0.3 is 5.97 Å². The lowest BCUT2D eigenvalue weighted by molar-refractivity contribution is -0.143. The molecule has 3 fully saturated rings. The van der Waals surface area contributed by atoms with Gasteiger partial charge in [-0.25, -0.2) is 0 Å². The number of aliphatic hydroxyl groups is 1. The molecule has 10 heteroatoms. The van der Waals surface area contributed by atoms with Crippen LogP contribution in [0.1, 0.15) is 53.9 Å². The number of carbonyl (C=O) groups is 2. The van der Waals surface area contributed by atoms with Gasteiger partial charge in [0.2, 0.25) is 5.91 Å². The number of esters is 1. The quantitative estimate of drug-likeness (QED) is 0.148. The van der Waals surface area contributed by atoms with E-state index in [4.69, 9.17) is 18.9 Å². The van der Waals surface area contributed by atoms with Crippen LogP contribution in [-0.4, -0.2) is 78.4 Å². The summed E-state index contributed by atoms with van der Waals surface area (Å²) < 4.78 is 22.6. The maximum atomic E-state index is 12.3. The Morgan fingerprint density at radius 3 is 2.62 bits per heavy atom. The molecule has 0 unspecified atom stereocenters. The van der Waals surface area contributed by atoms with Gasteiger partial charge in [0.05, 0.1) is 31.0 Å². The molecule has 1 spiro atoms. The number of carbonyl (C=O) groups excluding carboxylic acids is 2. The van der Waals surface area contributed by atoms with Crippen LogP contribution < -0.4 is 5.32 Å². The largest absolute Gasteiger partial charge is 0.459 e. The molecule has 2 N–H and O–H groups in total. The smallest absolute Gasteiger partial charge is 0.303 e. The van der Waals surface area contributed by atoms with E-state index in [0.717, 1.165) is 12.0 Å². The van der Waals surface area contributed by atoms with Crippen LogP contribution in [0.5, 0.6) is 0 Å². The van der Waals surface area contributed by atoms with E-state index in [1.54, 1.807) is 13.0 Å². The van der Waals surface area contributed by atoms with E-state index in [2.05, 4.69) is 23.5 Å². The van der Waals surface area contributed by atoms with Crippen LogP contribution in [0.2, 0.25) is 0 Å². The molecule has 3 rings (SSSR count). The molecule has 3 aliphatic heterocycles. The van der Waals surface area contributed by atoms with Crippen LogP contribution >= 0.6 is 0 Å². The number of hydrogen-bond donors (Lipinski definition) is 2. The molecule has 0 bridgehead atoms. The Balaban J connectivity index is 1.49. The van der Waals surface area contributed by atoms with Gasteiger partial charge in [0.1, 0.15) is 30.5 Å². The first-order valence-electron chi connectivity index (χ1n) is 13.0. The topological polar surface area (TPSA) is 136 Å². The van der Waals surface area contributed by atoms with Crippen molar-refractivity contribution in [3.8, 4) is 0 Å². The molecule has 1 amide bonds. The lowest BCUT2D eigenvalue weighted by Gasteiger charge is -2.39. The first kappa shape index (κ1) is 29.2. The first-order valence-corrected chi connectivity index (χ1v) is 13.0. The fraction of sp³-hybridized carbons (Fsp3) is 0.704. The number of nitrogens with zero attached hydrogens (tertiary/aromatic N) is 1. The van der Waals surface area contributed by atoms with Crippen molar-refractivity contribution in [1.29, 1.82) is 0 Å². The van der Waals surface area contributed by atoms with E-state index >= 15 is 0 Å². The molecule has 0 aromatic rings. The van der Waals surface area contributed by atoms with Gasteiger partial charge in [-0.1, -0.05) is 35.9 Å². The molecule has 10 nitrogen and oxygen atoms in total. The van der Waals surface area contributed by atoms with Crippen molar-refractivity contribution < 1.29 is 33.6 Å². The Morgan fingerprint density at radius 1 is 1.24 bits per heavy atom. The number of rotatable bonds is 10. The minimum Gasteiger partial charge on any atom is -0.459 e. The third kappa shape index (κ3) is 8.29. The van der Waals surface area contributed by atoms with E-state index in [1.165, 1.54) is 13.0 Å². The van der Waals surface area contributed by atoms with Crippen LogP contribution in [0, 0.1) is 10.8 Å². The van der Waals surface area contributed by atoms with Gasteiger partial charge in [-0.05, 0) is 45.6 Å². The predicted molar refractivity (Wildman–Crippen MR) is 137 cm³/mol. The summed E-state index contributed by atoms with van der Waals surface area (Å²) in [6.45, 7) is 9.56. The lowest BCUT2D eigenvalue weighted by atomic mass is 9.87. The summed E-state index contributed by atoms with van der Waals surface area (Å²) in [5, 5.41) is 16.6. The van der Waals surface area contributed by atoms with Gasteiger partial charge in [-0.2, -0.15) is 4.91 Å². The van der Waals surface area contributed by atoms with Crippen LogP contribution in [0.3, 0.4) is 0 Å². The number of aliphatic hydroxyl groups excluding tert-OH is 1. The highest BCUT2D eigenvalue weighted by Gasteiger charge is 2.58. The number of nitrogens with one attached hydrogen (secondary N) is 1. The zero-order valence-corrected chi connectivity index (χ0v) is 22.3. The Labute approximate surface area is 218 Å². The normalized spacial score (nSPS) is 37.0. The summed E-state index contributed by atoms with van der Waals surface area (Å²) in [7, 11) is 0. The second-order valence-electron chi connectivity index (χ2n) is 10.5. The molecule has 0 aromatic heterocycles. The van der Waals surface area contributed by atoms with Gasteiger partial charge in [0, 0.05) is 19.4 Å². The highest BCUT2D eigenvalue weighted by Crippen LogP contribution is 2.42. The number of allylic oxidation sites excluding steroid dienone is 2. The summed E-state index contributed by atoms with van der Waals surface area (Å²) in [6.07, 6.45) is 8.38. The van der Waals surface area contributed by atoms with Gasteiger partial charge < -0.3 is 29.4 Å². The number of hydrogen-bond acceptors (Lipinski definition) is 9. The van der Waals surface area contributed by atoms with Crippen molar-refractivity contribution in [2.24, 2.45) is 11.1 Å². The van der Waals surface area contributed by atoms with Gasteiger partial charge in [0.15, 0.2) is 0 Å². The SMILES string of the molecule is CC(=O)O[C@@H](C)C=CC(=O)N[C@@H]1C[C@H](C)[C@H](CC=C(C)C=C[C@H]2O[C@H](CN=O)C[C@@]3(CO3)[C@@H]2O)O[C@@H]1C. The number of nitroso groups, excluding NO2 is 1. The third-order valence-corrected chi connectivity index (χ3v) is 7.20. The molecule has 206 valence electrons. The average Bonchev–Trinajstić information content (AvgIpc) is 3.60. The number of amides is 1. The molecule has 0 aromatic carbocycles. The van der Waals surface area contributed by atoms with Crippen LogP contribution in [0.25, 0.3) is 0 Å². The lowest BCUT2D eigenvalue weighted by Crippen LogP contribution is -2.50. The highest BCUT2D eigenvalue weighted by molar-refractivity contribution is 5.87. The van der Waals surface area contributed by atoms with Crippen LogP contribution in [0.15, 0.2) is 41.1 Å². The second kappa shape index (κ2) is 12.9. The van der Waals surface area contributed by atoms with Crippen molar-refractivity contribution in [3.63, 3.8) is 0 Å². The van der Waals surface area contributed by atoms with Gasteiger partial charge in [0.25, 0.3) is 0 Å². The molecule has 3 heterocycles. The third-order valence-electron chi connectivity index (χ3n) is 7.20. The molecule has 37 heavy (non-hydrogen) atoms. The minimum atomic E-state index is -0.783. The molecular formula is C27H40N2O8. The molecule has 0 radical (unpaired) electrons. The van der Waals surface area contributed by atoms with Crippen molar-refractivity contribution in [1.82, 2.24) is 5.32 Å². The highest BCUT2D eigenvalue weighted by atomic mass is 16.6. The van der Waals surface area contributed by atoms with E-state index < -0.39 is 29.9 Å². The first-order chi connectivity index (χ1) is 17.5. The Kier molecular flexibility index (Phi) is 10.2. The average molecular weight is 521 g/mol. The van der Waals surface area contributed by atoms with E-state index in [-0.39, 0.29) is 42.7 Å². The molecule has 3 aliphatic rings. The Morgan fingerprint density at radius 2 is 1.97 bits per heavy atom. The van der Waals surface area contributed by atoms with E-state index in [0.29, 0.717) is 19.4 Å². The van der Waals surface area contributed by atoms with E-state index in [1.807, 2.05) is 26.0 Å². The summed E-state index contributed by atoms with van der Waals surface area (Å²) >= 11 is 0. The summed E-state index contributed by atoms with van der Waals surface area (Å²) in [4.78, 5) is 34.0. The molecular weight excluding hydrogens is 480 g/mol. The maximum Gasteiger partial charge on any atom is 0.303 e. The number of ether oxygens (including phenoxy) is 4. The van der Waals surface area contributed by atoms with Crippen molar-refractivity contribution in [3.05, 3.63) is 40.9 Å². The van der Waals surface area contributed by atoms with Crippen molar-refractivity contribution >= 4 is 11.9 Å². The Hall–Kier alpha value is -2.40. The molecule has 0 aliphatic carbocycles. The zero-order valence-electron chi connectivity index (χ0n) is 22.3. The number of epoxide rings is 1. The summed E-state index contributed by atoms with van der Waals surface area (Å²) in [5.41, 5.74) is 0.382. The van der Waals surface area contributed by atoms with Gasteiger partial charge in [-0.15, -0.1) is 0 Å². The monoisotopic (exact) mass is 520 g/mol. The maximum absolute atomic E-state index is 12.3. The zero-order chi connectivity index (χ0) is 27.2. The van der Waals surface area contributed by atoms with Crippen molar-refractivity contribution in [2.75, 3.05) is 13.2 Å². The summed E-state index contributed by atoms with van der Waals surface area (Å²) in [5.74, 6) is -0.415. The van der Waals surface area contributed by atoms with E-state index in [9.17, 15) is 19.6 Å².